The molecule has 3 N–H and O–H groups in total. The fourth-order valence-corrected chi connectivity index (χ4v) is 4.48. The number of hydrogen-bond donors (Lipinski definition) is 3. The molecule has 0 saturated carbocycles. The fraction of sp³-hybridized carbons (Fsp3) is 0.333. The lowest BCUT2D eigenvalue weighted by molar-refractivity contribution is -0.0413. The summed E-state index contributed by atoms with van der Waals surface area (Å²) in [5, 5.41) is 10.3. The zero-order valence-electron chi connectivity index (χ0n) is 20.3. The molecule has 3 aromatic rings. The Morgan fingerprint density at radius 1 is 1.09 bits per heavy atom. The Balaban J connectivity index is 0.000000497. The topological polar surface area (TPSA) is 94.7 Å². The number of carbonyl (C=O) groups excluding carboxylic acids is 1. The van der Waals surface area contributed by atoms with Crippen molar-refractivity contribution in [3.63, 3.8) is 0 Å². The van der Waals surface area contributed by atoms with Gasteiger partial charge in [-0.2, -0.15) is 0 Å². The van der Waals surface area contributed by atoms with Crippen molar-refractivity contribution in [2.45, 2.75) is 44.6 Å². The largest absolute Gasteiger partial charge is 0.446 e. The van der Waals surface area contributed by atoms with Crippen LogP contribution in [0.4, 0.5) is 4.79 Å². The lowest BCUT2D eigenvalue weighted by Crippen LogP contribution is -2.48. The summed E-state index contributed by atoms with van der Waals surface area (Å²) in [6.07, 6.45) is 3.85. The van der Waals surface area contributed by atoms with Gasteiger partial charge in [-0.05, 0) is 42.9 Å². The fourth-order valence-electron chi connectivity index (χ4n) is 3.95. The van der Waals surface area contributed by atoms with Crippen LogP contribution in [0.1, 0.15) is 38.3 Å². The second-order valence-electron chi connectivity index (χ2n) is 8.67. The smallest absolute Gasteiger partial charge is 0.410 e. The van der Waals surface area contributed by atoms with Gasteiger partial charge in [0, 0.05) is 31.6 Å². The number of aliphatic hydroxyl groups is 1. The van der Waals surface area contributed by atoms with Crippen LogP contribution in [0.25, 0.3) is 11.1 Å². The molecule has 1 aliphatic heterocycles. The first-order valence-electron chi connectivity index (χ1n) is 11.6. The number of benzene rings is 2. The minimum absolute atomic E-state index is 0.127. The molecule has 1 amide bonds. The van der Waals surface area contributed by atoms with Crippen LogP contribution in [-0.4, -0.2) is 45.7 Å². The van der Waals surface area contributed by atoms with Crippen molar-refractivity contribution < 1.29 is 14.6 Å². The van der Waals surface area contributed by atoms with Crippen LogP contribution in [0.3, 0.4) is 0 Å². The lowest BCUT2D eigenvalue weighted by atomic mass is 10.00. The van der Waals surface area contributed by atoms with Gasteiger partial charge in [-0.25, -0.2) is 9.52 Å². The minimum atomic E-state index is -1.09. The standard InChI is InChI=1S/C21H27N3O4S.C6H6/c1-14(15-4-6-16(7-5-15)17-8-9-19(25)22-13-17)24-11-10-18(28-20(24)26)12-21(2,27)23-29-3;1-2-4-6-5-3-1/h4-9,13-14,18,23,27H,10-12H2,1-3H3,(H,22,25);1-6H. The highest BCUT2D eigenvalue weighted by Crippen LogP contribution is 2.29. The Labute approximate surface area is 210 Å². The molecule has 0 radical (unpaired) electrons. The van der Waals surface area contributed by atoms with Crippen molar-refractivity contribution in [1.82, 2.24) is 14.6 Å². The minimum Gasteiger partial charge on any atom is -0.446 e. The predicted molar refractivity (Wildman–Crippen MR) is 141 cm³/mol. The first-order chi connectivity index (χ1) is 16.8. The van der Waals surface area contributed by atoms with Crippen LogP contribution < -0.4 is 10.3 Å². The molecule has 2 heterocycles. The lowest BCUT2D eigenvalue weighted by Gasteiger charge is -2.38. The Kier molecular flexibility index (Phi) is 9.54. The maximum atomic E-state index is 12.5. The van der Waals surface area contributed by atoms with E-state index in [0.29, 0.717) is 19.4 Å². The van der Waals surface area contributed by atoms with E-state index < -0.39 is 5.72 Å². The van der Waals surface area contributed by atoms with Gasteiger partial charge in [0.2, 0.25) is 5.56 Å². The van der Waals surface area contributed by atoms with Crippen LogP contribution in [0, 0.1) is 0 Å². The second-order valence-corrected chi connectivity index (χ2v) is 9.28. The average Bonchev–Trinajstić information content (AvgIpc) is 2.85. The normalized spacial score (nSPS) is 18.0. The number of hydrogen-bond acceptors (Lipinski definition) is 6. The summed E-state index contributed by atoms with van der Waals surface area (Å²) in [5.74, 6) is 0. The van der Waals surface area contributed by atoms with Crippen molar-refractivity contribution in [3.8, 4) is 11.1 Å². The van der Waals surface area contributed by atoms with Gasteiger partial charge in [-0.15, -0.1) is 0 Å². The molecule has 0 spiro atoms. The van der Waals surface area contributed by atoms with E-state index in [9.17, 15) is 14.7 Å². The number of aromatic amines is 1. The molecule has 1 saturated heterocycles. The van der Waals surface area contributed by atoms with Crippen LogP contribution in [-0.2, 0) is 4.74 Å². The van der Waals surface area contributed by atoms with Crippen LogP contribution >= 0.6 is 11.9 Å². The van der Waals surface area contributed by atoms with Gasteiger partial charge < -0.3 is 19.7 Å². The number of pyridine rings is 1. The van der Waals surface area contributed by atoms with Crippen molar-refractivity contribution in [2.24, 2.45) is 0 Å². The number of ether oxygens (including phenoxy) is 1. The zero-order chi connectivity index (χ0) is 25.3. The number of aromatic nitrogens is 1. The molecule has 0 aliphatic carbocycles. The molecular weight excluding hydrogens is 462 g/mol. The van der Waals surface area contributed by atoms with Crippen molar-refractivity contribution in [1.29, 1.82) is 0 Å². The molecule has 1 aromatic heterocycles. The van der Waals surface area contributed by atoms with Crippen molar-refractivity contribution >= 4 is 18.0 Å². The molecule has 8 heteroatoms. The third-order valence-corrected chi connectivity index (χ3v) is 6.43. The van der Waals surface area contributed by atoms with Crippen LogP contribution in [0.5, 0.6) is 0 Å². The maximum absolute atomic E-state index is 12.5. The molecule has 2 aromatic carbocycles. The molecule has 0 bridgehead atoms. The van der Waals surface area contributed by atoms with Crippen LogP contribution in [0.15, 0.2) is 83.8 Å². The highest BCUT2D eigenvalue weighted by Gasteiger charge is 2.34. The van der Waals surface area contributed by atoms with Gasteiger partial charge in [0.15, 0.2) is 0 Å². The van der Waals surface area contributed by atoms with Gasteiger partial charge in [-0.3, -0.25) is 4.79 Å². The number of rotatable bonds is 7. The van der Waals surface area contributed by atoms with Crippen molar-refractivity contribution in [3.05, 3.63) is 94.9 Å². The van der Waals surface area contributed by atoms with E-state index in [1.54, 1.807) is 24.1 Å². The van der Waals surface area contributed by atoms with Gasteiger partial charge in [-0.1, -0.05) is 72.6 Å². The summed E-state index contributed by atoms with van der Waals surface area (Å²) in [5.41, 5.74) is 1.70. The summed E-state index contributed by atoms with van der Waals surface area (Å²) in [4.78, 5) is 28.1. The second kappa shape index (κ2) is 12.6. The molecule has 3 unspecified atom stereocenters. The van der Waals surface area contributed by atoms with E-state index in [1.807, 2.05) is 73.8 Å². The molecule has 1 fully saturated rings. The molecule has 3 atom stereocenters. The van der Waals surface area contributed by atoms with E-state index in [-0.39, 0.29) is 23.8 Å². The van der Waals surface area contributed by atoms with E-state index in [2.05, 4.69) is 9.71 Å². The maximum Gasteiger partial charge on any atom is 0.410 e. The molecule has 1 aliphatic rings. The SMILES string of the molecule is CSNC(C)(O)CC1CCN(C(C)c2ccc(-c3ccc(=O)[nH]c3)cc2)C(=O)O1.c1ccccc1. The van der Waals surface area contributed by atoms with Gasteiger partial charge >= 0.3 is 6.09 Å². The van der Waals surface area contributed by atoms with E-state index >= 15 is 0 Å². The molecular formula is C27H33N3O4S. The number of cyclic esters (lactones) is 1. The van der Waals surface area contributed by atoms with E-state index in [4.69, 9.17) is 4.74 Å². The summed E-state index contributed by atoms with van der Waals surface area (Å²) in [6.45, 7) is 4.22. The van der Waals surface area contributed by atoms with Gasteiger partial charge in [0.25, 0.3) is 0 Å². The number of carbonyl (C=O) groups is 1. The Hall–Kier alpha value is -3.07. The number of H-pyrrole nitrogens is 1. The third kappa shape index (κ3) is 7.99. The Morgan fingerprint density at radius 3 is 2.20 bits per heavy atom. The highest BCUT2D eigenvalue weighted by atomic mass is 32.2. The average molecular weight is 496 g/mol. The first-order valence-corrected chi connectivity index (χ1v) is 12.8. The predicted octanol–water partition coefficient (Wildman–Crippen LogP) is 4.97. The Bertz CT molecular complexity index is 1070. The summed E-state index contributed by atoms with van der Waals surface area (Å²) >= 11 is 1.33. The van der Waals surface area contributed by atoms with Crippen LogP contribution in [0.2, 0.25) is 0 Å². The zero-order valence-corrected chi connectivity index (χ0v) is 21.1. The quantitative estimate of drug-likeness (QED) is 0.317. The Morgan fingerprint density at radius 2 is 1.69 bits per heavy atom. The van der Waals surface area contributed by atoms with Crippen molar-refractivity contribution in [2.75, 3.05) is 12.8 Å². The summed E-state index contributed by atoms with van der Waals surface area (Å²) in [7, 11) is 0. The summed E-state index contributed by atoms with van der Waals surface area (Å²) in [6, 6.07) is 23.1. The third-order valence-electron chi connectivity index (χ3n) is 5.79. The number of nitrogens with one attached hydrogen (secondary N) is 2. The first kappa shape index (κ1) is 26.5. The molecule has 4 rings (SSSR count). The summed E-state index contributed by atoms with van der Waals surface area (Å²) < 4.78 is 8.49. The molecule has 35 heavy (non-hydrogen) atoms. The van der Waals surface area contributed by atoms with Gasteiger partial charge in [0.1, 0.15) is 11.8 Å². The monoisotopic (exact) mass is 495 g/mol. The molecule has 186 valence electrons. The highest BCUT2D eigenvalue weighted by molar-refractivity contribution is 7.96. The molecule has 7 nitrogen and oxygen atoms in total. The number of amides is 1. The van der Waals surface area contributed by atoms with E-state index in [1.165, 1.54) is 18.0 Å². The van der Waals surface area contributed by atoms with Gasteiger partial charge in [0.05, 0.1) is 6.04 Å². The van der Waals surface area contributed by atoms with E-state index in [0.717, 1.165) is 16.7 Å². The number of nitrogens with zero attached hydrogens (tertiary/aromatic N) is 1.